The predicted octanol–water partition coefficient (Wildman–Crippen LogP) is 0.499. The molecule has 1 aliphatic carbocycles. The first-order valence-electron chi connectivity index (χ1n) is 6.15. The lowest BCUT2D eigenvalue weighted by Gasteiger charge is -2.39. The molecule has 2 aliphatic rings. The van der Waals surface area contributed by atoms with Gasteiger partial charge in [-0.3, -0.25) is 9.89 Å². The van der Waals surface area contributed by atoms with Crippen LogP contribution < -0.4 is 5.32 Å². The minimum absolute atomic E-state index is 0.0535. The SMILES string of the molecule is Cc1nc(SCC(=O)N[C@H]2C[C@@H]3OCC[C@H]23)n[nH]1. The first-order valence-corrected chi connectivity index (χ1v) is 7.13. The van der Waals surface area contributed by atoms with Crippen molar-refractivity contribution in [1.82, 2.24) is 20.5 Å². The lowest BCUT2D eigenvalue weighted by molar-refractivity contribution is -0.121. The van der Waals surface area contributed by atoms with E-state index in [0.29, 0.717) is 29.0 Å². The monoisotopic (exact) mass is 268 g/mol. The predicted molar refractivity (Wildman–Crippen MR) is 66.2 cm³/mol. The Bertz CT molecular complexity index is 450. The van der Waals surface area contributed by atoms with Gasteiger partial charge in [-0.15, -0.1) is 5.10 Å². The molecule has 2 N–H and O–H groups in total. The molecule has 0 aromatic carbocycles. The van der Waals surface area contributed by atoms with Crippen molar-refractivity contribution >= 4 is 17.7 Å². The number of H-pyrrole nitrogens is 1. The summed E-state index contributed by atoms with van der Waals surface area (Å²) in [6.45, 7) is 2.68. The second kappa shape index (κ2) is 4.89. The lowest BCUT2D eigenvalue weighted by atomic mass is 9.76. The van der Waals surface area contributed by atoms with Crippen molar-refractivity contribution in [2.24, 2.45) is 5.92 Å². The van der Waals surface area contributed by atoms with Crippen molar-refractivity contribution in [2.75, 3.05) is 12.4 Å². The zero-order valence-corrected chi connectivity index (χ0v) is 11.0. The third-order valence-electron chi connectivity index (χ3n) is 3.52. The van der Waals surface area contributed by atoms with E-state index in [9.17, 15) is 4.79 Å². The fourth-order valence-electron chi connectivity index (χ4n) is 2.53. The zero-order chi connectivity index (χ0) is 12.5. The molecule has 3 rings (SSSR count). The van der Waals surface area contributed by atoms with Gasteiger partial charge >= 0.3 is 0 Å². The summed E-state index contributed by atoms with van der Waals surface area (Å²) < 4.78 is 5.52. The first kappa shape index (κ1) is 12.0. The summed E-state index contributed by atoms with van der Waals surface area (Å²) in [5, 5.41) is 10.4. The molecule has 0 radical (unpaired) electrons. The van der Waals surface area contributed by atoms with Crippen molar-refractivity contribution in [2.45, 2.75) is 37.1 Å². The molecule has 1 saturated heterocycles. The highest BCUT2D eigenvalue weighted by Gasteiger charge is 2.45. The van der Waals surface area contributed by atoms with Gasteiger partial charge in [0.2, 0.25) is 11.1 Å². The number of carbonyl (C=O) groups is 1. The highest BCUT2D eigenvalue weighted by Crippen LogP contribution is 2.38. The smallest absolute Gasteiger partial charge is 0.230 e. The molecule has 3 atom stereocenters. The minimum Gasteiger partial charge on any atom is -0.378 e. The van der Waals surface area contributed by atoms with E-state index in [0.717, 1.165) is 25.3 Å². The fourth-order valence-corrected chi connectivity index (χ4v) is 3.18. The van der Waals surface area contributed by atoms with Gasteiger partial charge in [-0.05, 0) is 19.8 Å². The van der Waals surface area contributed by atoms with Crippen LogP contribution in [0, 0.1) is 12.8 Å². The summed E-state index contributed by atoms with van der Waals surface area (Å²) in [5.74, 6) is 1.72. The maximum Gasteiger partial charge on any atom is 0.230 e. The molecule has 6 nitrogen and oxygen atoms in total. The second-order valence-electron chi connectivity index (χ2n) is 4.76. The van der Waals surface area contributed by atoms with Crippen molar-refractivity contribution in [3.05, 3.63) is 5.82 Å². The number of nitrogens with zero attached hydrogens (tertiary/aromatic N) is 2. The van der Waals surface area contributed by atoms with Crippen LogP contribution in [-0.2, 0) is 9.53 Å². The van der Waals surface area contributed by atoms with Crippen molar-refractivity contribution in [1.29, 1.82) is 0 Å². The molecule has 0 spiro atoms. The van der Waals surface area contributed by atoms with E-state index in [4.69, 9.17) is 4.74 Å². The van der Waals surface area contributed by atoms with Gasteiger partial charge in [-0.2, -0.15) is 0 Å². The fraction of sp³-hybridized carbons (Fsp3) is 0.727. The van der Waals surface area contributed by atoms with E-state index >= 15 is 0 Å². The van der Waals surface area contributed by atoms with Gasteiger partial charge in [0.1, 0.15) is 5.82 Å². The van der Waals surface area contributed by atoms with E-state index < -0.39 is 0 Å². The summed E-state index contributed by atoms with van der Waals surface area (Å²) in [6, 6.07) is 0.305. The summed E-state index contributed by atoms with van der Waals surface area (Å²) >= 11 is 1.35. The highest BCUT2D eigenvalue weighted by molar-refractivity contribution is 7.99. The van der Waals surface area contributed by atoms with Gasteiger partial charge in [-0.25, -0.2) is 4.98 Å². The standard InChI is InChI=1S/C11H16N4O2S/c1-6-12-11(15-14-6)18-5-10(16)13-8-4-9-7(8)2-3-17-9/h7-9H,2-5H2,1H3,(H,13,16)(H,12,14,15)/t7-,8+,9+/m1/s1. The molecule has 1 saturated carbocycles. The van der Waals surface area contributed by atoms with Gasteiger partial charge < -0.3 is 10.1 Å². The number of hydrogen-bond acceptors (Lipinski definition) is 5. The molecule has 0 bridgehead atoms. The van der Waals surface area contributed by atoms with Crippen LogP contribution in [0.2, 0.25) is 0 Å². The van der Waals surface area contributed by atoms with E-state index in [1.807, 2.05) is 6.92 Å². The Balaban J connectivity index is 1.42. The lowest BCUT2D eigenvalue weighted by Crippen LogP contribution is -2.53. The van der Waals surface area contributed by atoms with E-state index in [1.54, 1.807) is 0 Å². The van der Waals surface area contributed by atoms with Crippen LogP contribution in [-0.4, -0.2) is 45.6 Å². The molecule has 98 valence electrons. The number of aromatic amines is 1. The third-order valence-corrected chi connectivity index (χ3v) is 4.37. The molecule has 1 aromatic heterocycles. The number of fused-ring (bicyclic) bond motifs is 1. The number of amides is 1. The summed E-state index contributed by atoms with van der Waals surface area (Å²) in [5.41, 5.74) is 0. The topological polar surface area (TPSA) is 79.9 Å². The Morgan fingerprint density at radius 2 is 2.56 bits per heavy atom. The summed E-state index contributed by atoms with van der Waals surface area (Å²) in [6.07, 6.45) is 2.42. The number of carbonyl (C=O) groups excluding carboxylic acids is 1. The number of rotatable bonds is 4. The van der Waals surface area contributed by atoms with Gasteiger partial charge in [0.05, 0.1) is 11.9 Å². The molecule has 1 amide bonds. The quantitative estimate of drug-likeness (QED) is 0.777. The van der Waals surface area contributed by atoms with Crippen LogP contribution >= 0.6 is 11.8 Å². The van der Waals surface area contributed by atoms with Crippen LogP contribution in [0.15, 0.2) is 5.16 Å². The van der Waals surface area contributed by atoms with Crippen molar-refractivity contribution in [3.63, 3.8) is 0 Å². The first-order chi connectivity index (χ1) is 8.72. The molecule has 2 heterocycles. The van der Waals surface area contributed by atoms with Crippen molar-refractivity contribution < 1.29 is 9.53 Å². The maximum absolute atomic E-state index is 11.8. The molecule has 18 heavy (non-hydrogen) atoms. The number of nitrogens with one attached hydrogen (secondary N) is 2. The van der Waals surface area contributed by atoms with Crippen LogP contribution in [0.25, 0.3) is 0 Å². The molecule has 7 heteroatoms. The molecule has 1 aromatic rings. The zero-order valence-electron chi connectivity index (χ0n) is 10.2. The average Bonchev–Trinajstić information content (AvgIpc) is 2.90. The minimum atomic E-state index is 0.0535. The number of ether oxygens (including phenoxy) is 1. The number of aromatic nitrogens is 3. The number of thioether (sulfide) groups is 1. The summed E-state index contributed by atoms with van der Waals surface area (Å²) in [4.78, 5) is 15.9. The van der Waals surface area contributed by atoms with Crippen LogP contribution in [0.4, 0.5) is 0 Å². The molecule has 2 fully saturated rings. The largest absolute Gasteiger partial charge is 0.378 e. The average molecular weight is 268 g/mol. The molecule has 1 aliphatic heterocycles. The van der Waals surface area contributed by atoms with Crippen LogP contribution in [0.3, 0.4) is 0 Å². The highest BCUT2D eigenvalue weighted by atomic mass is 32.2. The number of hydrogen-bond donors (Lipinski definition) is 2. The van der Waals surface area contributed by atoms with Gasteiger partial charge in [0.25, 0.3) is 0 Å². The van der Waals surface area contributed by atoms with Crippen LogP contribution in [0.1, 0.15) is 18.7 Å². The molecular weight excluding hydrogens is 252 g/mol. The van der Waals surface area contributed by atoms with Crippen molar-refractivity contribution in [3.8, 4) is 0 Å². The second-order valence-corrected chi connectivity index (χ2v) is 5.71. The van der Waals surface area contributed by atoms with Gasteiger partial charge in [-0.1, -0.05) is 11.8 Å². The molecule has 0 unspecified atom stereocenters. The Kier molecular flexibility index (Phi) is 3.25. The Hall–Kier alpha value is -1.08. The Morgan fingerprint density at radius 3 is 3.28 bits per heavy atom. The van der Waals surface area contributed by atoms with E-state index in [1.165, 1.54) is 11.8 Å². The normalized spacial score (nSPS) is 29.7. The van der Waals surface area contributed by atoms with Crippen LogP contribution in [0.5, 0.6) is 0 Å². The third kappa shape index (κ3) is 2.37. The summed E-state index contributed by atoms with van der Waals surface area (Å²) in [7, 11) is 0. The van der Waals surface area contributed by atoms with Gasteiger partial charge in [0.15, 0.2) is 0 Å². The van der Waals surface area contributed by atoms with E-state index in [2.05, 4.69) is 20.5 Å². The number of aryl methyl sites for hydroxylation is 1. The Labute approximate surface area is 109 Å². The molecular formula is C11H16N4O2S. The Morgan fingerprint density at radius 1 is 1.67 bits per heavy atom. The maximum atomic E-state index is 11.8. The van der Waals surface area contributed by atoms with Gasteiger partial charge in [0, 0.05) is 18.6 Å². The van der Waals surface area contributed by atoms with E-state index in [-0.39, 0.29) is 5.91 Å².